The highest BCUT2D eigenvalue weighted by Crippen LogP contribution is 2.63. The zero-order chi connectivity index (χ0) is 48.0. The molecule has 0 N–H and O–H groups in total. The first-order chi connectivity index (χ1) is 30.3. The number of rotatable bonds is 2. The lowest BCUT2D eigenvalue weighted by Gasteiger charge is -2.57. The van der Waals surface area contributed by atoms with Gasteiger partial charge in [0.15, 0.2) is 0 Å². The Hall–Kier alpha value is -3.24. The summed E-state index contributed by atoms with van der Waals surface area (Å²) in [6, 6.07) is 15.4. The van der Waals surface area contributed by atoms with Crippen LogP contribution in [0.25, 0.3) is 0 Å². The van der Waals surface area contributed by atoms with Crippen LogP contribution in [0.15, 0.2) is 81.5 Å². The fourth-order valence-electron chi connectivity index (χ4n) is 14.2. The van der Waals surface area contributed by atoms with Crippen molar-refractivity contribution in [1.82, 2.24) is 0 Å². The molecule has 0 saturated carbocycles. The summed E-state index contributed by atoms with van der Waals surface area (Å²) in [6.45, 7) is 50.6. The van der Waals surface area contributed by atoms with Crippen LogP contribution in [0, 0.1) is 27.6 Å². The minimum Gasteiger partial charge on any atom is -0.335 e. The highest BCUT2D eigenvalue weighted by molar-refractivity contribution is 7.28. The molecular formula is C62H85BN2S. The van der Waals surface area contributed by atoms with Gasteiger partial charge in [-0.2, -0.15) is 11.3 Å². The quantitative estimate of drug-likeness (QED) is 0.237. The van der Waals surface area contributed by atoms with Crippen molar-refractivity contribution in [1.29, 1.82) is 0 Å². The third kappa shape index (κ3) is 6.72. The fourth-order valence-corrected chi connectivity index (χ4v) is 15.9. The molecule has 1 aromatic heterocycles. The molecule has 2 aliphatic heterocycles. The van der Waals surface area contributed by atoms with Gasteiger partial charge in [-0.25, -0.2) is 0 Å². The first-order valence-corrected chi connectivity index (χ1v) is 27.1. The van der Waals surface area contributed by atoms with Gasteiger partial charge in [0.25, 0.3) is 6.71 Å². The van der Waals surface area contributed by atoms with Crippen LogP contribution in [-0.2, 0) is 21.7 Å². The lowest BCUT2D eigenvalue weighted by molar-refractivity contribution is 0.246. The molecule has 352 valence electrons. The largest absolute Gasteiger partial charge is 0.335 e. The van der Waals surface area contributed by atoms with Crippen LogP contribution in [-0.4, -0.2) is 12.8 Å². The Morgan fingerprint density at radius 1 is 0.621 bits per heavy atom. The van der Waals surface area contributed by atoms with Gasteiger partial charge in [0.05, 0.1) is 11.7 Å². The van der Waals surface area contributed by atoms with Gasteiger partial charge in [-0.1, -0.05) is 172 Å². The van der Waals surface area contributed by atoms with E-state index in [9.17, 15) is 0 Å². The summed E-state index contributed by atoms with van der Waals surface area (Å²) in [4.78, 5) is 7.50. The number of thiophene rings is 1. The molecule has 0 bridgehead atoms. The predicted molar refractivity (Wildman–Crippen MR) is 290 cm³/mol. The van der Waals surface area contributed by atoms with Gasteiger partial charge in [-0.15, -0.1) is 0 Å². The molecule has 0 saturated heterocycles. The number of benzene rings is 2. The van der Waals surface area contributed by atoms with E-state index in [0.29, 0.717) is 5.92 Å². The van der Waals surface area contributed by atoms with Crippen LogP contribution in [0.4, 0.5) is 22.7 Å². The van der Waals surface area contributed by atoms with Gasteiger partial charge in [0, 0.05) is 32.4 Å². The Bertz CT molecular complexity index is 2700. The molecule has 0 fully saturated rings. The van der Waals surface area contributed by atoms with E-state index in [-0.39, 0.29) is 56.1 Å². The van der Waals surface area contributed by atoms with Crippen molar-refractivity contribution in [2.24, 2.45) is 27.6 Å². The molecule has 2 atom stereocenters. The Morgan fingerprint density at radius 2 is 1.17 bits per heavy atom. The van der Waals surface area contributed by atoms with Crippen LogP contribution in [0.2, 0.25) is 0 Å². The smallest absolute Gasteiger partial charge is 0.260 e. The summed E-state index contributed by atoms with van der Waals surface area (Å²) >= 11 is 2.21. The van der Waals surface area contributed by atoms with Crippen molar-refractivity contribution in [3.63, 3.8) is 0 Å². The second-order valence-corrected chi connectivity index (χ2v) is 29.8. The van der Waals surface area contributed by atoms with E-state index in [1.165, 1.54) is 78.0 Å². The van der Waals surface area contributed by atoms with Gasteiger partial charge in [-0.05, 0) is 165 Å². The average Bonchev–Trinajstić information content (AvgIpc) is 3.63. The topological polar surface area (TPSA) is 6.48 Å². The molecule has 4 heteroatoms. The van der Waals surface area contributed by atoms with Crippen molar-refractivity contribution in [3.8, 4) is 0 Å². The van der Waals surface area contributed by atoms with E-state index in [4.69, 9.17) is 0 Å². The van der Waals surface area contributed by atoms with Gasteiger partial charge in [0.2, 0.25) is 0 Å². The summed E-state index contributed by atoms with van der Waals surface area (Å²) in [5.41, 5.74) is 24.1. The van der Waals surface area contributed by atoms with Crippen molar-refractivity contribution in [2.45, 2.75) is 218 Å². The number of anilines is 4. The number of nitrogens with zero attached hydrogens (tertiary/aromatic N) is 2. The number of hydrogen-bond acceptors (Lipinski definition) is 3. The normalized spacial score (nSPS) is 26.5. The molecule has 0 amide bonds. The Morgan fingerprint density at radius 3 is 1.79 bits per heavy atom. The second-order valence-electron chi connectivity index (χ2n) is 28.7. The van der Waals surface area contributed by atoms with Crippen molar-refractivity contribution < 1.29 is 0 Å². The minimum absolute atomic E-state index is 0.0533. The Balaban J connectivity index is 1.37. The van der Waals surface area contributed by atoms with Gasteiger partial charge in [0.1, 0.15) is 0 Å². The van der Waals surface area contributed by atoms with E-state index in [2.05, 4.69) is 202 Å². The summed E-state index contributed by atoms with van der Waals surface area (Å²) in [5.74, 6) is 0.418. The molecule has 10 rings (SSSR count). The average molecular weight is 901 g/mol. The summed E-state index contributed by atoms with van der Waals surface area (Å²) in [6.07, 6.45) is 12.3. The molecule has 2 nitrogen and oxygen atoms in total. The first kappa shape index (κ1) is 46.5. The van der Waals surface area contributed by atoms with Crippen LogP contribution >= 0.6 is 11.3 Å². The maximum absolute atomic E-state index is 3.05. The van der Waals surface area contributed by atoms with Gasteiger partial charge >= 0.3 is 0 Å². The highest BCUT2D eigenvalue weighted by Gasteiger charge is 2.57. The highest BCUT2D eigenvalue weighted by atomic mass is 32.1. The molecule has 66 heavy (non-hydrogen) atoms. The molecule has 2 unspecified atom stereocenters. The van der Waals surface area contributed by atoms with E-state index in [1.807, 2.05) is 0 Å². The molecule has 3 heterocycles. The van der Waals surface area contributed by atoms with E-state index >= 15 is 0 Å². The van der Waals surface area contributed by atoms with Crippen molar-refractivity contribution in [2.75, 3.05) is 9.80 Å². The van der Waals surface area contributed by atoms with E-state index in [0.717, 1.165) is 12.8 Å². The van der Waals surface area contributed by atoms with Crippen molar-refractivity contribution >= 4 is 51.0 Å². The van der Waals surface area contributed by atoms with Crippen LogP contribution < -0.4 is 20.0 Å². The van der Waals surface area contributed by atoms with Crippen molar-refractivity contribution in [3.05, 3.63) is 103 Å². The Labute approximate surface area is 407 Å². The molecule has 2 aromatic carbocycles. The van der Waals surface area contributed by atoms with Gasteiger partial charge in [-0.3, -0.25) is 0 Å². The van der Waals surface area contributed by atoms with E-state index in [1.54, 1.807) is 54.1 Å². The van der Waals surface area contributed by atoms with Crippen LogP contribution in [0.3, 0.4) is 0 Å². The third-order valence-electron chi connectivity index (χ3n) is 19.0. The number of hydrogen-bond donors (Lipinski definition) is 0. The summed E-state index contributed by atoms with van der Waals surface area (Å²) in [7, 11) is 0. The number of fused-ring (bicyclic) bond motifs is 6. The van der Waals surface area contributed by atoms with Gasteiger partial charge < -0.3 is 9.80 Å². The molecule has 7 aliphatic rings. The number of allylic oxidation sites excluding steroid dienone is 5. The monoisotopic (exact) mass is 901 g/mol. The lowest BCUT2D eigenvalue weighted by Crippen LogP contribution is -2.60. The predicted octanol–water partition coefficient (Wildman–Crippen LogP) is 16.7. The maximum Gasteiger partial charge on any atom is 0.260 e. The second kappa shape index (κ2) is 14.2. The SMILES string of the molecule is CC1=CC2=C(CC1N1C3=C(B4c5sc6c(c5N(c5ccc(C(C)(C)C)cc5)c5cc(C(C)(C)C)cc1c54)C(C)(C)CCC6(C)C)C(C)CC1=C3C(C)(C)CCC1(C)C)C(C)(C)CCC2(C)C. The minimum atomic E-state index is -0.0579. The Kier molecular flexibility index (Phi) is 10.00. The fraction of sp³-hybridized carbons (Fsp3) is 0.613. The third-order valence-corrected chi connectivity index (χ3v) is 20.6. The molecular weight excluding hydrogens is 816 g/mol. The molecule has 0 radical (unpaired) electrons. The molecule has 5 aliphatic carbocycles. The maximum atomic E-state index is 3.05. The van der Waals surface area contributed by atoms with Crippen LogP contribution in [0.1, 0.15) is 211 Å². The standard InChI is InChI=1S/C62H85BN2S/c1-36-31-41-42(58(11,12)26-25-57(41,9)10)35-44(36)65-46-34-39(56(6,7)8)33-45-50(46)63(49-37(2)32-43-47(51(49)65)60(15,16)28-27-59(43,13)14)54-52(48-53(66-54)62(19,20)30-29-61(48,17)18)64(45)40-23-21-38(22-24-40)55(3,4)5/h21-24,31,33-34,37,44H,25-30,32,35H2,1-20H3. The first-order valence-electron chi connectivity index (χ1n) is 26.3. The lowest BCUT2D eigenvalue weighted by atomic mass is 9.32. The van der Waals surface area contributed by atoms with Crippen LogP contribution in [0.5, 0.6) is 0 Å². The zero-order valence-corrected chi connectivity index (χ0v) is 46.0. The summed E-state index contributed by atoms with van der Waals surface area (Å²) < 4.78 is 1.60. The van der Waals surface area contributed by atoms with E-state index < -0.39 is 0 Å². The summed E-state index contributed by atoms with van der Waals surface area (Å²) in [5, 5.41) is 0. The molecule has 0 spiro atoms. The molecule has 3 aromatic rings. The zero-order valence-electron chi connectivity index (χ0n) is 45.2.